The van der Waals surface area contributed by atoms with Crippen LogP contribution in [0.25, 0.3) is 0 Å². The van der Waals surface area contributed by atoms with Crippen LogP contribution in [0, 0.1) is 25.7 Å². The minimum absolute atomic E-state index is 0.0191. The molecule has 7 heteroatoms. The van der Waals surface area contributed by atoms with Crippen LogP contribution in [-0.2, 0) is 16.1 Å². The van der Waals surface area contributed by atoms with Gasteiger partial charge in [-0.05, 0) is 63.4 Å². The molecule has 0 saturated heterocycles. The molecule has 0 unspecified atom stereocenters. The molecule has 156 valence electrons. The predicted molar refractivity (Wildman–Crippen MR) is 115 cm³/mol. The highest BCUT2D eigenvalue weighted by Gasteiger charge is 2.35. The van der Waals surface area contributed by atoms with Crippen LogP contribution >= 0.6 is 11.6 Å². The first kappa shape index (κ1) is 21.4. The number of anilines is 1. The zero-order chi connectivity index (χ0) is 20.8. The third-order valence-corrected chi connectivity index (χ3v) is 5.75. The summed E-state index contributed by atoms with van der Waals surface area (Å²) in [6.45, 7) is 5.36. The largest absolute Gasteiger partial charge is 0.356 e. The maximum absolute atomic E-state index is 12.8. The van der Waals surface area contributed by atoms with Gasteiger partial charge in [0.25, 0.3) is 0 Å². The lowest BCUT2D eigenvalue weighted by atomic mass is 9.78. The van der Waals surface area contributed by atoms with Crippen molar-refractivity contribution < 1.29 is 9.59 Å². The van der Waals surface area contributed by atoms with E-state index < -0.39 is 0 Å². The highest BCUT2D eigenvalue weighted by molar-refractivity contribution is 6.30. The van der Waals surface area contributed by atoms with Crippen LogP contribution in [0.1, 0.15) is 43.5 Å². The van der Waals surface area contributed by atoms with E-state index in [1.807, 2.05) is 24.6 Å². The number of aromatic nitrogens is 2. The number of carbonyl (C=O) groups is 2. The first-order chi connectivity index (χ1) is 13.9. The van der Waals surface area contributed by atoms with E-state index in [4.69, 9.17) is 11.6 Å². The molecule has 6 nitrogen and oxygen atoms in total. The Kier molecular flexibility index (Phi) is 7.31. The van der Waals surface area contributed by atoms with E-state index in [0.717, 1.165) is 50.0 Å². The number of amides is 2. The predicted octanol–water partition coefficient (Wildman–Crippen LogP) is 4.10. The average molecular weight is 417 g/mol. The molecule has 1 aliphatic rings. The van der Waals surface area contributed by atoms with Gasteiger partial charge in [-0.15, -0.1) is 0 Å². The summed E-state index contributed by atoms with van der Waals surface area (Å²) in [6, 6.07) is 9.08. The van der Waals surface area contributed by atoms with E-state index in [9.17, 15) is 9.59 Å². The lowest BCUT2D eigenvalue weighted by molar-refractivity contribution is -0.134. The Morgan fingerprint density at radius 2 is 1.76 bits per heavy atom. The van der Waals surface area contributed by atoms with Gasteiger partial charge >= 0.3 is 0 Å². The van der Waals surface area contributed by atoms with Gasteiger partial charge in [-0.3, -0.25) is 14.3 Å². The highest BCUT2D eigenvalue weighted by Crippen LogP contribution is 2.31. The molecule has 2 aromatic rings. The van der Waals surface area contributed by atoms with Crippen LogP contribution < -0.4 is 10.6 Å². The molecule has 1 aliphatic carbocycles. The Balaban J connectivity index is 1.51. The second kappa shape index (κ2) is 9.92. The summed E-state index contributed by atoms with van der Waals surface area (Å²) < 4.78 is 1.96. The summed E-state index contributed by atoms with van der Waals surface area (Å²) in [5.41, 5.74) is 2.83. The fraction of sp³-hybridized carbons (Fsp3) is 0.500. The average Bonchev–Trinajstić information content (AvgIpc) is 3.03. The molecule has 1 aromatic carbocycles. The summed E-state index contributed by atoms with van der Waals surface area (Å²) in [4.78, 5) is 25.5. The number of hydrogen-bond acceptors (Lipinski definition) is 3. The summed E-state index contributed by atoms with van der Waals surface area (Å²) in [6.07, 6.45) is 4.25. The molecule has 0 aliphatic heterocycles. The van der Waals surface area contributed by atoms with Gasteiger partial charge in [-0.2, -0.15) is 5.10 Å². The lowest BCUT2D eigenvalue weighted by Gasteiger charge is -2.29. The quantitative estimate of drug-likeness (QED) is 0.667. The van der Waals surface area contributed by atoms with Crippen molar-refractivity contribution in [3.63, 3.8) is 0 Å². The molecule has 1 saturated carbocycles. The summed E-state index contributed by atoms with van der Waals surface area (Å²) in [5, 5.41) is 11.0. The topological polar surface area (TPSA) is 76.0 Å². The molecule has 3 rings (SSSR count). The number of benzene rings is 1. The van der Waals surface area contributed by atoms with Crippen LogP contribution in [0.2, 0.25) is 5.02 Å². The Labute approximate surface area is 177 Å². The van der Waals surface area contributed by atoms with Crippen molar-refractivity contribution in [2.75, 3.05) is 11.9 Å². The molecule has 2 amide bonds. The SMILES string of the molecule is Cc1cc(C)n(CCCNC(=O)[C@@H]2CCCC[C@@H]2C(=O)Nc2ccc(Cl)cc2)n1. The maximum Gasteiger partial charge on any atom is 0.228 e. The van der Waals surface area contributed by atoms with Gasteiger partial charge in [0.15, 0.2) is 0 Å². The minimum atomic E-state index is -0.296. The molecule has 2 atom stereocenters. The van der Waals surface area contributed by atoms with E-state index in [0.29, 0.717) is 17.3 Å². The van der Waals surface area contributed by atoms with Crippen LogP contribution in [0.15, 0.2) is 30.3 Å². The monoisotopic (exact) mass is 416 g/mol. The molecule has 0 radical (unpaired) electrons. The highest BCUT2D eigenvalue weighted by atomic mass is 35.5. The molecule has 29 heavy (non-hydrogen) atoms. The van der Waals surface area contributed by atoms with Crippen molar-refractivity contribution in [2.45, 2.75) is 52.5 Å². The van der Waals surface area contributed by atoms with Gasteiger partial charge in [-0.1, -0.05) is 24.4 Å². The molecule has 0 bridgehead atoms. The molecule has 1 fully saturated rings. The summed E-state index contributed by atoms with van der Waals surface area (Å²) in [5.74, 6) is -0.677. The van der Waals surface area contributed by atoms with Crippen LogP contribution in [0.5, 0.6) is 0 Å². The van der Waals surface area contributed by atoms with E-state index in [1.165, 1.54) is 0 Å². The van der Waals surface area contributed by atoms with Crippen LogP contribution in [0.3, 0.4) is 0 Å². The number of rotatable bonds is 7. The number of aryl methyl sites for hydroxylation is 3. The van der Waals surface area contributed by atoms with Crippen molar-refractivity contribution in [1.82, 2.24) is 15.1 Å². The Hall–Kier alpha value is -2.34. The fourth-order valence-corrected chi connectivity index (χ4v) is 4.13. The second-order valence-electron chi connectivity index (χ2n) is 7.79. The molecular weight excluding hydrogens is 388 g/mol. The fourth-order valence-electron chi connectivity index (χ4n) is 4.00. The molecule has 1 heterocycles. The van der Waals surface area contributed by atoms with Crippen molar-refractivity contribution in [2.24, 2.45) is 11.8 Å². The third-order valence-electron chi connectivity index (χ3n) is 5.50. The molecular formula is C22H29ClN4O2. The Morgan fingerprint density at radius 3 is 2.38 bits per heavy atom. The Bertz CT molecular complexity index is 847. The van der Waals surface area contributed by atoms with E-state index in [2.05, 4.69) is 15.7 Å². The minimum Gasteiger partial charge on any atom is -0.356 e. The Morgan fingerprint density at radius 1 is 1.10 bits per heavy atom. The van der Waals surface area contributed by atoms with Crippen LogP contribution in [0.4, 0.5) is 5.69 Å². The van der Waals surface area contributed by atoms with Gasteiger partial charge in [0, 0.05) is 41.3 Å². The first-order valence-corrected chi connectivity index (χ1v) is 10.7. The number of carbonyl (C=O) groups excluding carboxylic acids is 2. The van der Waals surface area contributed by atoms with E-state index in [1.54, 1.807) is 24.3 Å². The van der Waals surface area contributed by atoms with Gasteiger partial charge in [-0.25, -0.2) is 0 Å². The molecule has 2 N–H and O–H groups in total. The summed E-state index contributed by atoms with van der Waals surface area (Å²) >= 11 is 5.90. The normalized spacial score (nSPS) is 19.0. The molecule has 0 spiro atoms. The van der Waals surface area contributed by atoms with E-state index >= 15 is 0 Å². The van der Waals surface area contributed by atoms with E-state index in [-0.39, 0.29) is 23.7 Å². The third kappa shape index (κ3) is 5.82. The van der Waals surface area contributed by atoms with Crippen LogP contribution in [-0.4, -0.2) is 28.1 Å². The van der Waals surface area contributed by atoms with Gasteiger partial charge in [0.1, 0.15) is 0 Å². The maximum atomic E-state index is 12.8. The van der Waals surface area contributed by atoms with Gasteiger partial charge in [0.2, 0.25) is 11.8 Å². The second-order valence-corrected chi connectivity index (χ2v) is 8.22. The molecule has 1 aromatic heterocycles. The standard InChI is InChI=1S/C22H29ClN4O2/c1-15-14-16(2)27(26-15)13-5-12-24-21(28)19-6-3-4-7-20(19)22(29)25-18-10-8-17(23)9-11-18/h8-11,14,19-20H,3-7,12-13H2,1-2H3,(H,24,28)(H,25,29)/t19-,20+/m1/s1. The van der Waals surface area contributed by atoms with Crippen molar-refractivity contribution in [3.8, 4) is 0 Å². The zero-order valence-corrected chi connectivity index (χ0v) is 17.8. The first-order valence-electron chi connectivity index (χ1n) is 10.3. The number of nitrogens with one attached hydrogen (secondary N) is 2. The van der Waals surface area contributed by atoms with Gasteiger partial charge < -0.3 is 10.6 Å². The van der Waals surface area contributed by atoms with Crippen molar-refractivity contribution in [1.29, 1.82) is 0 Å². The number of halogens is 1. The zero-order valence-electron chi connectivity index (χ0n) is 17.1. The van der Waals surface area contributed by atoms with Crippen molar-refractivity contribution >= 4 is 29.1 Å². The van der Waals surface area contributed by atoms with Gasteiger partial charge in [0.05, 0.1) is 5.69 Å². The number of hydrogen-bond donors (Lipinski definition) is 2. The smallest absolute Gasteiger partial charge is 0.228 e. The van der Waals surface area contributed by atoms with Crippen molar-refractivity contribution in [3.05, 3.63) is 46.7 Å². The summed E-state index contributed by atoms with van der Waals surface area (Å²) in [7, 11) is 0. The lowest BCUT2D eigenvalue weighted by Crippen LogP contribution is -2.42. The number of nitrogens with zero attached hydrogens (tertiary/aromatic N) is 2.